The largest absolute Gasteiger partial charge is 0.505 e. The van der Waals surface area contributed by atoms with Crippen LogP contribution in [0, 0.1) is 17.1 Å². The average Bonchev–Trinajstić information content (AvgIpc) is 2.43. The van der Waals surface area contributed by atoms with E-state index in [0.717, 1.165) is 5.56 Å². The lowest BCUT2D eigenvalue weighted by molar-refractivity contribution is 0.432. The standard InChI is InChI=1S/C15H13FN2O/c1-10(12-4-2-3-11(7-12)9-17)18-13-5-6-15(19)14(16)8-13/h2-8,10,18-19H,1H3. The number of rotatable bonds is 3. The number of hydrogen-bond acceptors (Lipinski definition) is 3. The van der Waals surface area contributed by atoms with Crippen molar-refractivity contribution in [2.75, 3.05) is 5.32 Å². The van der Waals surface area contributed by atoms with Gasteiger partial charge in [0.2, 0.25) is 0 Å². The van der Waals surface area contributed by atoms with Crippen LogP contribution in [0.4, 0.5) is 10.1 Å². The molecule has 0 radical (unpaired) electrons. The van der Waals surface area contributed by atoms with E-state index < -0.39 is 5.82 Å². The van der Waals surface area contributed by atoms with Crippen molar-refractivity contribution in [1.82, 2.24) is 0 Å². The fraction of sp³-hybridized carbons (Fsp3) is 0.133. The van der Waals surface area contributed by atoms with Crippen molar-refractivity contribution in [3.8, 4) is 11.8 Å². The number of nitrogens with one attached hydrogen (secondary N) is 1. The van der Waals surface area contributed by atoms with Crippen LogP contribution < -0.4 is 5.32 Å². The average molecular weight is 256 g/mol. The van der Waals surface area contributed by atoms with Gasteiger partial charge in [-0.1, -0.05) is 12.1 Å². The summed E-state index contributed by atoms with van der Waals surface area (Å²) in [6, 6.07) is 13.4. The van der Waals surface area contributed by atoms with Gasteiger partial charge < -0.3 is 10.4 Å². The van der Waals surface area contributed by atoms with Crippen molar-refractivity contribution >= 4 is 5.69 Å². The molecule has 0 aliphatic rings. The Bertz CT molecular complexity index is 634. The van der Waals surface area contributed by atoms with Gasteiger partial charge in [0.1, 0.15) is 0 Å². The molecule has 0 heterocycles. The molecular formula is C15H13FN2O. The molecule has 2 aromatic rings. The smallest absolute Gasteiger partial charge is 0.166 e. The number of aromatic hydroxyl groups is 1. The van der Waals surface area contributed by atoms with Crippen LogP contribution in [-0.4, -0.2) is 5.11 Å². The molecule has 1 unspecified atom stereocenters. The molecule has 2 N–H and O–H groups in total. The van der Waals surface area contributed by atoms with Crippen molar-refractivity contribution in [2.24, 2.45) is 0 Å². The molecule has 3 nitrogen and oxygen atoms in total. The summed E-state index contributed by atoms with van der Waals surface area (Å²) in [7, 11) is 0. The van der Waals surface area contributed by atoms with Gasteiger partial charge in [0.25, 0.3) is 0 Å². The van der Waals surface area contributed by atoms with E-state index in [0.29, 0.717) is 11.3 Å². The maximum atomic E-state index is 13.2. The second-order valence-corrected chi connectivity index (χ2v) is 4.27. The lowest BCUT2D eigenvalue weighted by Crippen LogP contribution is -2.06. The molecule has 2 rings (SSSR count). The van der Waals surface area contributed by atoms with Gasteiger partial charge in [-0.15, -0.1) is 0 Å². The minimum absolute atomic E-state index is 0.0720. The quantitative estimate of drug-likeness (QED) is 0.825. The predicted molar refractivity (Wildman–Crippen MR) is 71.3 cm³/mol. The third-order valence-electron chi connectivity index (χ3n) is 2.85. The van der Waals surface area contributed by atoms with E-state index in [1.807, 2.05) is 19.1 Å². The van der Waals surface area contributed by atoms with Crippen LogP contribution in [0.2, 0.25) is 0 Å². The molecule has 0 amide bonds. The molecule has 0 saturated carbocycles. The molecule has 19 heavy (non-hydrogen) atoms. The highest BCUT2D eigenvalue weighted by atomic mass is 19.1. The fourth-order valence-electron chi connectivity index (χ4n) is 1.81. The van der Waals surface area contributed by atoms with Crippen molar-refractivity contribution in [3.63, 3.8) is 0 Å². The number of nitriles is 1. The van der Waals surface area contributed by atoms with E-state index in [4.69, 9.17) is 10.4 Å². The normalized spacial score (nSPS) is 11.6. The first kappa shape index (κ1) is 12.9. The molecule has 0 saturated heterocycles. The maximum absolute atomic E-state index is 13.2. The number of hydrogen-bond donors (Lipinski definition) is 2. The summed E-state index contributed by atoms with van der Waals surface area (Å²) >= 11 is 0. The first-order valence-electron chi connectivity index (χ1n) is 5.85. The lowest BCUT2D eigenvalue weighted by Gasteiger charge is -2.16. The summed E-state index contributed by atoms with van der Waals surface area (Å²) in [5.41, 5.74) is 2.10. The second-order valence-electron chi connectivity index (χ2n) is 4.27. The van der Waals surface area contributed by atoms with Gasteiger partial charge in [0.05, 0.1) is 11.6 Å². The van der Waals surface area contributed by atoms with E-state index >= 15 is 0 Å². The molecule has 0 fully saturated rings. The Morgan fingerprint density at radius 3 is 2.74 bits per heavy atom. The summed E-state index contributed by atoms with van der Waals surface area (Å²) in [5, 5.41) is 21.1. The summed E-state index contributed by atoms with van der Waals surface area (Å²) in [4.78, 5) is 0. The summed E-state index contributed by atoms with van der Waals surface area (Å²) in [6.45, 7) is 1.92. The van der Waals surface area contributed by atoms with E-state index in [2.05, 4.69) is 11.4 Å². The molecule has 4 heteroatoms. The predicted octanol–water partition coefficient (Wildman–Crippen LogP) is 3.58. The fourth-order valence-corrected chi connectivity index (χ4v) is 1.81. The monoisotopic (exact) mass is 256 g/mol. The third-order valence-corrected chi connectivity index (χ3v) is 2.85. The van der Waals surface area contributed by atoms with Gasteiger partial charge in [0, 0.05) is 17.8 Å². The van der Waals surface area contributed by atoms with Gasteiger partial charge in [0.15, 0.2) is 11.6 Å². The van der Waals surface area contributed by atoms with Crippen LogP contribution in [0.5, 0.6) is 5.75 Å². The summed E-state index contributed by atoms with van der Waals surface area (Å²) in [5.74, 6) is -1.03. The Morgan fingerprint density at radius 2 is 2.05 bits per heavy atom. The molecule has 96 valence electrons. The topological polar surface area (TPSA) is 56.0 Å². The first-order chi connectivity index (χ1) is 9.10. The Hall–Kier alpha value is -2.54. The summed E-state index contributed by atoms with van der Waals surface area (Å²) < 4.78 is 13.2. The Morgan fingerprint density at radius 1 is 1.26 bits per heavy atom. The lowest BCUT2D eigenvalue weighted by atomic mass is 10.1. The second kappa shape index (κ2) is 5.40. The highest BCUT2D eigenvalue weighted by Crippen LogP contribution is 2.24. The Labute approximate surface area is 110 Å². The van der Waals surface area contributed by atoms with Crippen molar-refractivity contribution in [2.45, 2.75) is 13.0 Å². The van der Waals surface area contributed by atoms with Gasteiger partial charge >= 0.3 is 0 Å². The number of benzene rings is 2. The van der Waals surface area contributed by atoms with Crippen LogP contribution >= 0.6 is 0 Å². The molecule has 2 aromatic carbocycles. The van der Waals surface area contributed by atoms with Crippen molar-refractivity contribution in [3.05, 3.63) is 59.4 Å². The van der Waals surface area contributed by atoms with E-state index in [1.165, 1.54) is 12.1 Å². The number of anilines is 1. The Balaban J connectivity index is 2.18. The third kappa shape index (κ3) is 3.02. The molecule has 0 aliphatic carbocycles. The number of halogens is 1. The molecule has 0 aromatic heterocycles. The molecule has 1 atom stereocenters. The summed E-state index contributed by atoms with van der Waals surface area (Å²) in [6.07, 6.45) is 0. The van der Waals surface area contributed by atoms with Crippen LogP contribution in [0.3, 0.4) is 0 Å². The van der Waals surface area contributed by atoms with Crippen molar-refractivity contribution in [1.29, 1.82) is 5.26 Å². The highest BCUT2D eigenvalue weighted by molar-refractivity contribution is 5.49. The van der Waals surface area contributed by atoms with Crippen LogP contribution in [0.25, 0.3) is 0 Å². The van der Waals surface area contributed by atoms with Gasteiger partial charge in [-0.05, 0) is 36.8 Å². The van der Waals surface area contributed by atoms with Gasteiger partial charge in [-0.3, -0.25) is 0 Å². The minimum atomic E-state index is -0.664. The maximum Gasteiger partial charge on any atom is 0.166 e. The van der Waals surface area contributed by atoms with E-state index in [1.54, 1.807) is 18.2 Å². The van der Waals surface area contributed by atoms with Gasteiger partial charge in [-0.2, -0.15) is 5.26 Å². The Kier molecular flexibility index (Phi) is 3.67. The number of nitrogens with zero attached hydrogens (tertiary/aromatic N) is 1. The van der Waals surface area contributed by atoms with Crippen molar-refractivity contribution < 1.29 is 9.50 Å². The van der Waals surface area contributed by atoms with Gasteiger partial charge in [-0.25, -0.2) is 4.39 Å². The zero-order valence-electron chi connectivity index (χ0n) is 10.4. The zero-order valence-corrected chi connectivity index (χ0v) is 10.4. The molecule has 0 spiro atoms. The highest BCUT2D eigenvalue weighted by Gasteiger charge is 2.08. The van der Waals surface area contributed by atoms with Crippen LogP contribution in [-0.2, 0) is 0 Å². The first-order valence-corrected chi connectivity index (χ1v) is 5.85. The van der Waals surface area contributed by atoms with Crippen LogP contribution in [0.15, 0.2) is 42.5 Å². The molecule has 0 aliphatic heterocycles. The van der Waals surface area contributed by atoms with Crippen LogP contribution in [0.1, 0.15) is 24.1 Å². The molecular weight excluding hydrogens is 243 g/mol. The number of phenols is 1. The zero-order chi connectivity index (χ0) is 13.8. The van der Waals surface area contributed by atoms with E-state index in [9.17, 15) is 4.39 Å². The minimum Gasteiger partial charge on any atom is -0.505 e. The van der Waals surface area contributed by atoms with E-state index in [-0.39, 0.29) is 11.8 Å². The molecule has 0 bridgehead atoms. The SMILES string of the molecule is CC(Nc1ccc(O)c(F)c1)c1cccc(C#N)c1. The number of phenolic OH excluding ortho intramolecular Hbond substituents is 1.